The molecule has 0 saturated carbocycles. The number of amides is 1. The zero-order chi connectivity index (χ0) is 11.8. The molecule has 0 aliphatic heterocycles. The Hall–Kier alpha value is -1.71. The third-order valence-corrected chi connectivity index (χ3v) is 2.18. The summed E-state index contributed by atoms with van der Waals surface area (Å²) in [6, 6.07) is 3.32. The fraction of sp³-hybridized carbons (Fsp3) is 0.417. The summed E-state index contributed by atoms with van der Waals surface area (Å²) in [5.74, 6) is -0.196. The molecule has 4 nitrogen and oxygen atoms in total. The van der Waals surface area contributed by atoms with Gasteiger partial charge in [0.15, 0.2) is 0 Å². The molecule has 1 aromatic rings. The first-order valence-electron chi connectivity index (χ1n) is 5.47. The third kappa shape index (κ3) is 4.21. The van der Waals surface area contributed by atoms with Gasteiger partial charge in [-0.05, 0) is 31.9 Å². The highest BCUT2D eigenvalue weighted by molar-refractivity contribution is 5.95. The number of rotatable bonds is 5. The van der Waals surface area contributed by atoms with E-state index in [0.717, 1.165) is 25.0 Å². The Morgan fingerprint density at radius 1 is 1.44 bits per heavy atom. The first kappa shape index (κ1) is 12.4. The first-order chi connectivity index (χ1) is 7.74. The number of nitrogens with zero attached hydrogens (tertiary/aromatic N) is 2. The number of hydrazone groups is 1. The largest absolute Gasteiger partial charge is 0.271 e. The van der Waals surface area contributed by atoms with Gasteiger partial charge in [0.2, 0.25) is 0 Å². The van der Waals surface area contributed by atoms with Crippen molar-refractivity contribution < 1.29 is 4.79 Å². The number of nitrogens with one attached hydrogen (secondary N) is 1. The van der Waals surface area contributed by atoms with Crippen LogP contribution in [-0.2, 0) is 0 Å². The van der Waals surface area contributed by atoms with Crippen LogP contribution in [-0.4, -0.2) is 16.6 Å². The predicted octanol–water partition coefficient (Wildman–Crippen LogP) is 2.38. The van der Waals surface area contributed by atoms with Gasteiger partial charge in [-0.15, -0.1) is 0 Å². The van der Waals surface area contributed by atoms with Crippen LogP contribution in [0.5, 0.6) is 0 Å². The van der Waals surface area contributed by atoms with E-state index in [-0.39, 0.29) is 5.91 Å². The lowest BCUT2D eigenvalue weighted by Gasteiger charge is -2.01. The van der Waals surface area contributed by atoms with Crippen molar-refractivity contribution >= 4 is 11.6 Å². The normalized spacial score (nSPS) is 11.2. The van der Waals surface area contributed by atoms with Crippen molar-refractivity contribution in [2.75, 3.05) is 0 Å². The summed E-state index contributed by atoms with van der Waals surface area (Å²) in [6.45, 7) is 4.05. The number of carbonyl (C=O) groups is 1. The quantitative estimate of drug-likeness (QED) is 0.610. The summed E-state index contributed by atoms with van der Waals surface area (Å²) in [5.41, 5.74) is 4.05. The van der Waals surface area contributed by atoms with Crippen molar-refractivity contribution in [2.24, 2.45) is 5.10 Å². The van der Waals surface area contributed by atoms with Crippen LogP contribution in [0.25, 0.3) is 0 Å². The lowest BCUT2D eigenvalue weighted by atomic mass is 10.2. The molecule has 1 amide bonds. The number of hydrogen-bond donors (Lipinski definition) is 1. The summed E-state index contributed by atoms with van der Waals surface area (Å²) in [6.07, 6.45) is 6.32. The Morgan fingerprint density at radius 2 is 2.12 bits per heavy atom. The fourth-order valence-corrected chi connectivity index (χ4v) is 1.20. The van der Waals surface area contributed by atoms with E-state index in [0.29, 0.717) is 5.56 Å². The molecule has 86 valence electrons. The van der Waals surface area contributed by atoms with Gasteiger partial charge in [0.1, 0.15) is 0 Å². The van der Waals surface area contributed by atoms with E-state index in [4.69, 9.17) is 0 Å². The van der Waals surface area contributed by atoms with Crippen LogP contribution in [0, 0.1) is 0 Å². The van der Waals surface area contributed by atoms with E-state index in [1.54, 1.807) is 24.5 Å². The molecule has 0 radical (unpaired) electrons. The average molecular weight is 219 g/mol. The van der Waals surface area contributed by atoms with Gasteiger partial charge in [-0.2, -0.15) is 5.10 Å². The molecule has 1 aromatic heterocycles. The van der Waals surface area contributed by atoms with Crippen molar-refractivity contribution in [1.82, 2.24) is 10.4 Å². The maximum absolute atomic E-state index is 11.6. The van der Waals surface area contributed by atoms with Crippen LogP contribution < -0.4 is 5.43 Å². The molecule has 0 bridgehead atoms. The molecule has 0 saturated heterocycles. The van der Waals surface area contributed by atoms with Crippen LogP contribution in [0.15, 0.2) is 29.6 Å². The lowest BCUT2D eigenvalue weighted by Crippen LogP contribution is -2.18. The van der Waals surface area contributed by atoms with Crippen molar-refractivity contribution in [3.8, 4) is 0 Å². The van der Waals surface area contributed by atoms with Crippen LogP contribution in [0.2, 0.25) is 0 Å². The molecule has 1 N–H and O–H groups in total. The molecule has 0 aliphatic carbocycles. The fourth-order valence-electron chi connectivity index (χ4n) is 1.20. The van der Waals surface area contributed by atoms with Crippen LogP contribution in [0.3, 0.4) is 0 Å². The van der Waals surface area contributed by atoms with Gasteiger partial charge >= 0.3 is 0 Å². The molecule has 0 aromatic carbocycles. The summed E-state index contributed by atoms with van der Waals surface area (Å²) >= 11 is 0. The van der Waals surface area contributed by atoms with Crippen molar-refractivity contribution in [3.63, 3.8) is 0 Å². The molecule has 1 heterocycles. The van der Waals surface area contributed by atoms with Gasteiger partial charge in [0.25, 0.3) is 5.91 Å². The summed E-state index contributed by atoms with van der Waals surface area (Å²) in [4.78, 5) is 15.4. The number of carbonyl (C=O) groups excluding carboxylic acids is 1. The Labute approximate surface area is 95.8 Å². The first-order valence-corrected chi connectivity index (χ1v) is 5.47. The average Bonchev–Trinajstić information content (AvgIpc) is 2.34. The zero-order valence-corrected chi connectivity index (χ0v) is 9.73. The highest BCUT2D eigenvalue weighted by atomic mass is 16.2. The smallest absolute Gasteiger partial charge is 0.267 e. The SMILES string of the molecule is CCCCC(C)=NNC(=O)c1ccncc1. The van der Waals surface area contributed by atoms with E-state index >= 15 is 0 Å². The van der Waals surface area contributed by atoms with Crippen LogP contribution >= 0.6 is 0 Å². The summed E-state index contributed by atoms with van der Waals surface area (Å²) in [7, 11) is 0. The van der Waals surface area contributed by atoms with E-state index in [9.17, 15) is 4.79 Å². The molecular formula is C12H17N3O. The van der Waals surface area contributed by atoms with Crippen LogP contribution in [0.1, 0.15) is 43.5 Å². The monoisotopic (exact) mass is 219 g/mol. The van der Waals surface area contributed by atoms with E-state index in [1.165, 1.54) is 0 Å². The molecule has 0 atom stereocenters. The van der Waals surface area contributed by atoms with Crippen molar-refractivity contribution in [1.29, 1.82) is 0 Å². The Balaban J connectivity index is 2.46. The Kier molecular flexibility index (Phi) is 5.19. The summed E-state index contributed by atoms with van der Waals surface area (Å²) in [5, 5.41) is 4.03. The second-order valence-electron chi connectivity index (χ2n) is 3.63. The number of unbranched alkanes of at least 4 members (excludes halogenated alkanes) is 1. The van der Waals surface area contributed by atoms with Gasteiger partial charge in [-0.3, -0.25) is 9.78 Å². The molecule has 0 fully saturated rings. The van der Waals surface area contributed by atoms with E-state index < -0.39 is 0 Å². The van der Waals surface area contributed by atoms with Gasteiger partial charge in [-0.25, -0.2) is 5.43 Å². The number of hydrogen-bond acceptors (Lipinski definition) is 3. The molecule has 0 unspecified atom stereocenters. The highest BCUT2D eigenvalue weighted by Gasteiger charge is 2.02. The molecule has 0 spiro atoms. The van der Waals surface area contributed by atoms with Crippen molar-refractivity contribution in [2.45, 2.75) is 33.1 Å². The maximum Gasteiger partial charge on any atom is 0.271 e. The Bertz CT molecular complexity index is 360. The second kappa shape index (κ2) is 6.71. The summed E-state index contributed by atoms with van der Waals surface area (Å²) < 4.78 is 0. The highest BCUT2D eigenvalue weighted by Crippen LogP contribution is 1.98. The molecule has 16 heavy (non-hydrogen) atoms. The van der Waals surface area contributed by atoms with Gasteiger partial charge in [0, 0.05) is 23.7 Å². The molecule has 1 rings (SSSR count). The van der Waals surface area contributed by atoms with Gasteiger partial charge < -0.3 is 0 Å². The molecule has 0 aliphatic rings. The minimum absolute atomic E-state index is 0.196. The van der Waals surface area contributed by atoms with E-state index in [1.807, 2.05) is 6.92 Å². The van der Waals surface area contributed by atoms with E-state index in [2.05, 4.69) is 22.4 Å². The Morgan fingerprint density at radius 3 is 2.75 bits per heavy atom. The molecule has 4 heteroatoms. The van der Waals surface area contributed by atoms with Crippen LogP contribution in [0.4, 0.5) is 0 Å². The predicted molar refractivity (Wildman–Crippen MR) is 64.3 cm³/mol. The second-order valence-corrected chi connectivity index (χ2v) is 3.63. The number of pyridine rings is 1. The van der Waals surface area contributed by atoms with Crippen molar-refractivity contribution in [3.05, 3.63) is 30.1 Å². The minimum Gasteiger partial charge on any atom is -0.267 e. The van der Waals surface area contributed by atoms with Gasteiger partial charge in [0.05, 0.1) is 0 Å². The minimum atomic E-state index is -0.196. The third-order valence-electron chi connectivity index (χ3n) is 2.18. The topological polar surface area (TPSA) is 54.4 Å². The maximum atomic E-state index is 11.6. The molecular weight excluding hydrogens is 202 g/mol. The standard InChI is InChI=1S/C12H17N3O/c1-3-4-5-10(2)14-15-12(16)11-6-8-13-9-7-11/h6-9H,3-5H2,1-2H3,(H,15,16). The van der Waals surface area contributed by atoms with Gasteiger partial charge in [-0.1, -0.05) is 13.3 Å². The lowest BCUT2D eigenvalue weighted by molar-refractivity contribution is 0.0954. The number of aromatic nitrogens is 1. The zero-order valence-electron chi connectivity index (χ0n) is 9.73.